The fourth-order valence-corrected chi connectivity index (χ4v) is 3.31. The van der Waals surface area contributed by atoms with Crippen LogP contribution in [0, 0.1) is 0 Å². The van der Waals surface area contributed by atoms with Gasteiger partial charge in [-0.05, 0) is 87.8 Å². The molecule has 0 radical (unpaired) electrons. The molecule has 0 aliphatic heterocycles. The molecule has 31 heavy (non-hydrogen) atoms. The normalized spacial score (nSPS) is 10.6. The van der Waals surface area contributed by atoms with Crippen molar-refractivity contribution in [2.75, 3.05) is 26.4 Å². The first kappa shape index (κ1) is 24.6. The van der Waals surface area contributed by atoms with E-state index in [0.29, 0.717) is 24.3 Å². The van der Waals surface area contributed by atoms with Crippen LogP contribution in [0.15, 0.2) is 48.5 Å². The van der Waals surface area contributed by atoms with Crippen LogP contribution in [0.3, 0.4) is 0 Å². The van der Waals surface area contributed by atoms with E-state index in [4.69, 9.17) is 14.2 Å². The number of rotatable bonds is 14. The van der Waals surface area contributed by atoms with Gasteiger partial charge < -0.3 is 14.2 Å². The molecule has 168 valence electrons. The molecule has 0 atom stereocenters. The minimum absolute atomic E-state index is 0.264. The van der Waals surface area contributed by atoms with Crippen molar-refractivity contribution in [2.45, 2.75) is 52.4 Å². The molecule has 5 nitrogen and oxygen atoms in total. The van der Waals surface area contributed by atoms with Gasteiger partial charge in [0.1, 0.15) is 0 Å². The second-order valence-corrected chi connectivity index (χ2v) is 7.37. The first-order chi connectivity index (χ1) is 15.1. The van der Waals surface area contributed by atoms with Gasteiger partial charge in [0.25, 0.3) is 0 Å². The van der Waals surface area contributed by atoms with Gasteiger partial charge in [-0.25, -0.2) is 9.59 Å². The van der Waals surface area contributed by atoms with Crippen LogP contribution in [0.25, 0.3) is 0 Å². The maximum atomic E-state index is 11.8. The molecule has 0 saturated heterocycles. The summed E-state index contributed by atoms with van der Waals surface area (Å²) in [6.45, 7) is 5.89. The van der Waals surface area contributed by atoms with Crippen LogP contribution in [0.4, 0.5) is 0 Å². The van der Waals surface area contributed by atoms with Gasteiger partial charge in [0, 0.05) is 13.2 Å². The number of unbranched alkanes of at least 4 members (excludes halogenated alkanes) is 2. The summed E-state index contributed by atoms with van der Waals surface area (Å²) in [4.78, 5) is 23.6. The van der Waals surface area contributed by atoms with Crippen molar-refractivity contribution in [3.8, 4) is 0 Å². The molecule has 0 N–H and O–H groups in total. The van der Waals surface area contributed by atoms with Gasteiger partial charge in [-0.2, -0.15) is 0 Å². The largest absolute Gasteiger partial charge is 0.462 e. The van der Waals surface area contributed by atoms with Crippen LogP contribution in [0.2, 0.25) is 0 Å². The summed E-state index contributed by atoms with van der Waals surface area (Å²) in [5, 5.41) is 0. The zero-order valence-corrected chi connectivity index (χ0v) is 18.7. The molecule has 2 rings (SSSR count). The Morgan fingerprint density at radius 3 is 1.55 bits per heavy atom. The van der Waals surface area contributed by atoms with Crippen molar-refractivity contribution in [3.63, 3.8) is 0 Å². The van der Waals surface area contributed by atoms with Crippen molar-refractivity contribution in [1.82, 2.24) is 0 Å². The highest BCUT2D eigenvalue weighted by Crippen LogP contribution is 2.12. The van der Waals surface area contributed by atoms with Crippen LogP contribution in [0.1, 0.15) is 71.4 Å². The molecular weight excluding hydrogens is 392 g/mol. The number of benzene rings is 2. The Morgan fingerprint density at radius 2 is 1.13 bits per heavy atom. The average Bonchev–Trinajstić information content (AvgIpc) is 2.78. The number of hydrogen-bond acceptors (Lipinski definition) is 5. The van der Waals surface area contributed by atoms with Gasteiger partial charge >= 0.3 is 11.9 Å². The molecule has 0 aromatic heterocycles. The van der Waals surface area contributed by atoms with Crippen LogP contribution < -0.4 is 0 Å². The molecule has 0 saturated carbocycles. The lowest BCUT2D eigenvalue weighted by atomic mass is 10.1. The number of esters is 2. The summed E-state index contributed by atoms with van der Waals surface area (Å²) in [7, 11) is 0. The van der Waals surface area contributed by atoms with E-state index in [1.807, 2.05) is 50.2 Å². The third-order valence-electron chi connectivity index (χ3n) is 4.88. The second kappa shape index (κ2) is 14.4. The molecule has 0 fully saturated rings. The average molecular weight is 427 g/mol. The van der Waals surface area contributed by atoms with Gasteiger partial charge in [-0.15, -0.1) is 0 Å². The third kappa shape index (κ3) is 9.35. The van der Waals surface area contributed by atoms with E-state index < -0.39 is 0 Å². The monoisotopic (exact) mass is 426 g/mol. The first-order valence-corrected chi connectivity index (χ1v) is 11.2. The lowest BCUT2D eigenvalue weighted by molar-refractivity contribution is 0.0516. The smallest absolute Gasteiger partial charge is 0.338 e. The molecule has 5 heteroatoms. The summed E-state index contributed by atoms with van der Waals surface area (Å²) in [5.41, 5.74) is 3.53. The van der Waals surface area contributed by atoms with E-state index in [1.54, 1.807) is 12.1 Å². The molecule has 2 aromatic carbocycles. The van der Waals surface area contributed by atoms with Crippen molar-refractivity contribution in [1.29, 1.82) is 0 Å². The number of hydrogen-bond donors (Lipinski definition) is 0. The van der Waals surface area contributed by atoms with E-state index in [-0.39, 0.29) is 11.9 Å². The standard InChI is InChI=1S/C26H34O5/c1-3-30-25(27)23-15-9-13-21(19-23)11-5-7-17-29-18-8-6-12-22-14-10-16-24(20-22)26(28)31-4-2/h9-10,13-16,19-20H,3-8,11-12,17-18H2,1-2H3. The maximum absolute atomic E-state index is 11.8. The Labute approximate surface area is 185 Å². The summed E-state index contributed by atoms with van der Waals surface area (Å²) in [6, 6.07) is 15.3. The molecule has 0 aliphatic carbocycles. The zero-order valence-electron chi connectivity index (χ0n) is 18.7. The fourth-order valence-electron chi connectivity index (χ4n) is 3.31. The molecular formula is C26H34O5. The fraction of sp³-hybridized carbons (Fsp3) is 0.462. The Kier molecular flexibility index (Phi) is 11.4. The number of carbonyl (C=O) groups is 2. The summed E-state index contributed by atoms with van der Waals surface area (Å²) in [5.74, 6) is -0.527. The number of carbonyl (C=O) groups excluding carboxylic acids is 2. The Bertz CT molecular complexity index is 747. The molecule has 0 bridgehead atoms. The summed E-state index contributed by atoms with van der Waals surface area (Å²) < 4.78 is 15.8. The van der Waals surface area contributed by atoms with E-state index in [2.05, 4.69) is 0 Å². The van der Waals surface area contributed by atoms with Gasteiger partial charge in [0.15, 0.2) is 0 Å². The van der Waals surface area contributed by atoms with Gasteiger partial charge in [-0.1, -0.05) is 24.3 Å². The zero-order chi connectivity index (χ0) is 22.3. The van der Waals surface area contributed by atoms with E-state index in [1.165, 1.54) is 0 Å². The lowest BCUT2D eigenvalue weighted by Crippen LogP contribution is -2.05. The van der Waals surface area contributed by atoms with Crippen LogP contribution >= 0.6 is 0 Å². The Balaban J connectivity index is 1.55. The van der Waals surface area contributed by atoms with Crippen molar-refractivity contribution in [3.05, 3.63) is 70.8 Å². The summed E-state index contributed by atoms with van der Waals surface area (Å²) >= 11 is 0. The highest BCUT2D eigenvalue weighted by molar-refractivity contribution is 5.90. The predicted octanol–water partition coefficient (Wildman–Crippen LogP) is 5.40. The predicted molar refractivity (Wildman–Crippen MR) is 121 cm³/mol. The van der Waals surface area contributed by atoms with Crippen molar-refractivity contribution in [2.24, 2.45) is 0 Å². The Morgan fingerprint density at radius 1 is 0.677 bits per heavy atom. The lowest BCUT2D eigenvalue weighted by Gasteiger charge is -2.07. The van der Waals surface area contributed by atoms with Crippen LogP contribution in [0.5, 0.6) is 0 Å². The topological polar surface area (TPSA) is 61.8 Å². The minimum Gasteiger partial charge on any atom is -0.462 e. The van der Waals surface area contributed by atoms with E-state index in [9.17, 15) is 9.59 Å². The second-order valence-electron chi connectivity index (χ2n) is 7.37. The molecule has 0 unspecified atom stereocenters. The highest BCUT2D eigenvalue weighted by atomic mass is 16.5. The van der Waals surface area contributed by atoms with Crippen LogP contribution in [-0.4, -0.2) is 38.4 Å². The van der Waals surface area contributed by atoms with Crippen molar-refractivity contribution >= 4 is 11.9 Å². The third-order valence-corrected chi connectivity index (χ3v) is 4.88. The SMILES string of the molecule is CCOC(=O)c1cccc(CCCCOCCCCc2cccc(C(=O)OCC)c2)c1. The molecule has 2 aromatic rings. The first-order valence-electron chi connectivity index (χ1n) is 11.2. The Hall–Kier alpha value is -2.66. The van der Waals surface area contributed by atoms with Gasteiger partial charge in [0.2, 0.25) is 0 Å². The molecule has 0 amide bonds. The number of ether oxygens (including phenoxy) is 3. The van der Waals surface area contributed by atoms with Gasteiger partial charge in [0.05, 0.1) is 24.3 Å². The molecule has 0 heterocycles. The molecule has 0 aliphatic rings. The minimum atomic E-state index is -0.264. The molecule has 0 spiro atoms. The van der Waals surface area contributed by atoms with Crippen molar-refractivity contribution < 1.29 is 23.8 Å². The quantitative estimate of drug-likeness (QED) is 0.299. The highest BCUT2D eigenvalue weighted by Gasteiger charge is 2.07. The van der Waals surface area contributed by atoms with E-state index >= 15 is 0 Å². The van der Waals surface area contributed by atoms with Gasteiger partial charge in [-0.3, -0.25) is 0 Å². The number of aryl methyl sites for hydroxylation is 2. The van der Waals surface area contributed by atoms with E-state index in [0.717, 1.165) is 62.9 Å². The van der Waals surface area contributed by atoms with Crippen LogP contribution in [-0.2, 0) is 27.1 Å². The maximum Gasteiger partial charge on any atom is 0.338 e. The summed E-state index contributed by atoms with van der Waals surface area (Å²) in [6.07, 6.45) is 5.87.